The fourth-order valence-corrected chi connectivity index (χ4v) is 5.36. The summed E-state index contributed by atoms with van der Waals surface area (Å²) in [5.74, 6) is -1.22. The van der Waals surface area contributed by atoms with E-state index in [1.54, 1.807) is 0 Å². The van der Waals surface area contributed by atoms with E-state index in [0.29, 0.717) is 0 Å². The highest BCUT2D eigenvalue weighted by molar-refractivity contribution is 7.86. The third kappa shape index (κ3) is 3.15. The molecule has 10 heteroatoms. The quantitative estimate of drug-likeness (QED) is 0.473. The monoisotopic (exact) mass is 330 g/mol. The van der Waals surface area contributed by atoms with Gasteiger partial charge < -0.3 is 10.2 Å². The van der Waals surface area contributed by atoms with Crippen LogP contribution in [0.3, 0.4) is 0 Å². The summed E-state index contributed by atoms with van der Waals surface area (Å²) in [5, 5.41) is 17.6. The van der Waals surface area contributed by atoms with E-state index in [4.69, 9.17) is 9.11 Å². The Hall–Kier alpha value is -0.260. The van der Waals surface area contributed by atoms with Crippen molar-refractivity contribution in [3.63, 3.8) is 0 Å². The molecular weight excluding hydrogens is 312 g/mol. The van der Waals surface area contributed by atoms with Gasteiger partial charge >= 0.3 is 0 Å². The molecule has 0 aliphatic heterocycles. The van der Waals surface area contributed by atoms with Gasteiger partial charge in [0.15, 0.2) is 0 Å². The van der Waals surface area contributed by atoms with Crippen LogP contribution in [-0.4, -0.2) is 58.9 Å². The molecule has 2 rings (SSSR count). The van der Waals surface area contributed by atoms with Gasteiger partial charge in [-0.1, -0.05) is 0 Å². The molecule has 4 N–H and O–H groups in total. The molecule has 0 aromatic heterocycles. The molecule has 0 aromatic carbocycles. The molecule has 20 heavy (non-hydrogen) atoms. The minimum atomic E-state index is -4.33. The van der Waals surface area contributed by atoms with E-state index in [-0.39, 0.29) is 25.7 Å². The van der Waals surface area contributed by atoms with Gasteiger partial charge in [0.1, 0.15) is 0 Å². The summed E-state index contributed by atoms with van der Waals surface area (Å²) in [5.41, 5.74) is 0. The molecule has 4 atom stereocenters. The summed E-state index contributed by atoms with van der Waals surface area (Å²) in [6.07, 6.45) is -2.70. The first-order valence-corrected chi connectivity index (χ1v) is 9.29. The van der Waals surface area contributed by atoms with Gasteiger partial charge in [0, 0.05) is 5.92 Å². The zero-order valence-corrected chi connectivity index (χ0v) is 12.2. The lowest BCUT2D eigenvalue weighted by molar-refractivity contribution is -0.0657. The van der Waals surface area contributed by atoms with Crippen molar-refractivity contribution >= 4 is 20.2 Å². The SMILES string of the molecule is O=S(=O)(O)C1CC(O)C2C(O)CC(S(=O)(=O)O)CC2C1. The lowest BCUT2D eigenvalue weighted by atomic mass is 9.67. The van der Waals surface area contributed by atoms with Crippen molar-refractivity contribution in [1.29, 1.82) is 0 Å². The minimum absolute atomic E-state index is 0.0381. The van der Waals surface area contributed by atoms with Crippen LogP contribution in [0.15, 0.2) is 0 Å². The number of fused-ring (bicyclic) bond motifs is 1. The van der Waals surface area contributed by atoms with Crippen LogP contribution in [0.1, 0.15) is 25.7 Å². The van der Waals surface area contributed by atoms with E-state index in [0.717, 1.165) is 0 Å². The second kappa shape index (κ2) is 5.18. The van der Waals surface area contributed by atoms with Gasteiger partial charge in [0.05, 0.1) is 22.7 Å². The Balaban J connectivity index is 2.25. The minimum Gasteiger partial charge on any atom is -0.393 e. The molecule has 0 bridgehead atoms. The van der Waals surface area contributed by atoms with Crippen LogP contribution in [0.5, 0.6) is 0 Å². The number of rotatable bonds is 2. The van der Waals surface area contributed by atoms with Crippen molar-refractivity contribution < 1.29 is 36.2 Å². The number of hydrogen-bond donors (Lipinski definition) is 4. The van der Waals surface area contributed by atoms with Gasteiger partial charge in [-0.3, -0.25) is 9.11 Å². The topological polar surface area (TPSA) is 149 Å². The Morgan fingerprint density at radius 1 is 0.700 bits per heavy atom. The van der Waals surface area contributed by atoms with Crippen molar-refractivity contribution in [1.82, 2.24) is 0 Å². The fourth-order valence-electron chi connectivity index (χ4n) is 3.50. The van der Waals surface area contributed by atoms with Gasteiger partial charge in [-0.2, -0.15) is 16.8 Å². The summed E-state index contributed by atoms with van der Waals surface area (Å²) >= 11 is 0. The van der Waals surface area contributed by atoms with E-state index in [2.05, 4.69) is 0 Å². The standard InChI is InChI=1S/C10H18O8S2/c11-8-3-6(19(13,14)15)1-5-2-7(20(16,17)18)4-9(12)10(5)8/h5-12H,1-4H2,(H,13,14,15)(H,16,17,18). The molecule has 2 aliphatic rings. The summed E-state index contributed by atoms with van der Waals surface area (Å²) in [7, 11) is -8.67. The Morgan fingerprint density at radius 2 is 1.05 bits per heavy atom. The molecule has 0 heterocycles. The third-order valence-corrected chi connectivity index (χ3v) is 6.87. The van der Waals surface area contributed by atoms with E-state index < -0.39 is 54.8 Å². The van der Waals surface area contributed by atoms with E-state index in [1.807, 2.05) is 0 Å². The largest absolute Gasteiger partial charge is 0.393 e. The van der Waals surface area contributed by atoms with Crippen molar-refractivity contribution in [2.24, 2.45) is 11.8 Å². The zero-order valence-electron chi connectivity index (χ0n) is 10.5. The summed E-state index contributed by atoms with van der Waals surface area (Å²) in [4.78, 5) is 0. The van der Waals surface area contributed by atoms with Crippen LogP contribution in [0, 0.1) is 11.8 Å². The van der Waals surface area contributed by atoms with Gasteiger partial charge in [-0.25, -0.2) is 0 Å². The molecular formula is C10H18O8S2. The molecule has 2 aliphatic carbocycles. The predicted molar refractivity (Wildman–Crippen MR) is 68.1 cm³/mol. The second-order valence-corrected chi connectivity index (χ2v) is 9.08. The molecule has 0 radical (unpaired) electrons. The maximum absolute atomic E-state index is 11.2. The van der Waals surface area contributed by atoms with Gasteiger partial charge in [0.2, 0.25) is 0 Å². The van der Waals surface area contributed by atoms with Gasteiger partial charge in [-0.05, 0) is 31.6 Å². The molecule has 0 aromatic rings. The number of hydrogen-bond acceptors (Lipinski definition) is 6. The second-order valence-electron chi connectivity index (χ2n) is 5.69. The Bertz CT molecular complexity index is 518. The first-order chi connectivity index (χ1) is 9.00. The van der Waals surface area contributed by atoms with Crippen molar-refractivity contribution in [3.8, 4) is 0 Å². The molecule has 118 valence electrons. The van der Waals surface area contributed by atoms with Crippen molar-refractivity contribution in [2.45, 2.75) is 48.4 Å². The summed E-state index contributed by atoms with van der Waals surface area (Å²) < 4.78 is 62.9. The Morgan fingerprint density at radius 3 is 1.35 bits per heavy atom. The maximum atomic E-state index is 11.2. The van der Waals surface area contributed by atoms with Crippen molar-refractivity contribution in [3.05, 3.63) is 0 Å². The van der Waals surface area contributed by atoms with Crippen LogP contribution in [0.4, 0.5) is 0 Å². The van der Waals surface area contributed by atoms with Crippen LogP contribution in [-0.2, 0) is 20.2 Å². The summed E-state index contributed by atoms with van der Waals surface area (Å²) in [6, 6.07) is 0. The normalized spacial score (nSPS) is 43.0. The Kier molecular flexibility index (Phi) is 4.17. The number of aliphatic hydroxyl groups is 2. The highest BCUT2D eigenvalue weighted by atomic mass is 32.2. The molecule has 8 nitrogen and oxygen atoms in total. The molecule has 2 fully saturated rings. The van der Waals surface area contributed by atoms with Crippen LogP contribution in [0.2, 0.25) is 0 Å². The lowest BCUT2D eigenvalue weighted by Gasteiger charge is -2.45. The van der Waals surface area contributed by atoms with Gasteiger partial charge in [0.25, 0.3) is 20.2 Å². The molecule has 0 amide bonds. The fraction of sp³-hybridized carbons (Fsp3) is 1.00. The van der Waals surface area contributed by atoms with Crippen molar-refractivity contribution in [2.75, 3.05) is 0 Å². The van der Waals surface area contributed by atoms with E-state index in [9.17, 15) is 27.0 Å². The molecule has 4 unspecified atom stereocenters. The third-order valence-electron chi connectivity index (χ3n) is 4.42. The Labute approximate surface area is 117 Å². The molecule has 0 saturated heterocycles. The van der Waals surface area contributed by atoms with Crippen LogP contribution >= 0.6 is 0 Å². The van der Waals surface area contributed by atoms with Crippen LogP contribution < -0.4 is 0 Å². The molecule has 2 saturated carbocycles. The highest BCUT2D eigenvalue weighted by Crippen LogP contribution is 2.43. The molecule has 0 spiro atoms. The first kappa shape index (κ1) is 16.1. The average Bonchev–Trinajstić information content (AvgIpc) is 2.25. The highest BCUT2D eigenvalue weighted by Gasteiger charge is 2.50. The summed E-state index contributed by atoms with van der Waals surface area (Å²) in [6.45, 7) is 0. The maximum Gasteiger partial charge on any atom is 0.267 e. The van der Waals surface area contributed by atoms with E-state index >= 15 is 0 Å². The average molecular weight is 330 g/mol. The van der Waals surface area contributed by atoms with Gasteiger partial charge in [-0.15, -0.1) is 0 Å². The first-order valence-electron chi connectivity index (χ1n) is 6.29. The van der Waals surface area contributed by atoms with Crippen LogP contribution in [0.25, 0.3) is 0 Å². The zero-order chi connectivity index (χ0) is 15.3. The lowest BCUT2D eigenvalue weighted by Crippen LogP contribution is -2.52. The smallest absolute Gasteiger partial charge is 0.267 e. The number of aliphatic hydroxyl groups excluding tert-OH is 2. The van der Waals surface area contributed by atoms with E-state index in [1.165, 1.54) is 0 Å². The predicted octanol–water partition coefficient (Wildman–Crippen LogP) is -0.959.